The molecular formula is C24H31Cl2N. The Morgan fingerprint density at radius 1 is 0.926 bits per heavy atom. The number of halogens is 2. The van der Waals surface area contributed by atoms with Crippen LogP contribution in [0.5, 0.6) is 0 Å². The molecule has 3 unspecified atom stereocenters. The van der Waals surface area contributed by atoms with Gasteiger partial charge in [-0.05, 0) is 61.8 Å². The summed E-state index contributed by atoms with van der Waals surface area (Å²) in [6, 6.07) is 20.5. The maximum Gasteiger partial charge on any atom is 0.0505 e. The summed E-state index contributed by atoms with van der Waals surface area (Å²) in [5, 5.41) is 0.226. The smallest absolute Gasteiger partial charge is 0.0505 e. The van der Waals surface area contributed by atoms with Crippen molar-refractivity contribution in [2.75, 3.05) is 7.05 Å². The fourth-order valence-corrected chi connectivity index (χ4v) is 4.87. The van der Waals surface area contributed by atoms with Gasteiger partial charge in [0.15, 0.2) is 0 Å². The van der Waals surface area contributed by atoms with E-state index < -0.39 is 0 Å². The zero-order valence-corrected chi connectivity index (χ0v) is 18.0. The van der Waals surface area contributed by atoms with Crippen LogP contribution in [0.4, 0.5) is 0 Å². The Labute approximate surface area is 174 Å². The average Bonchev–Trinajstić information content (AvgIpc) is 3.02. The third-order valence-corrected chi connectivity index (χ3v) is 7.09. The number of benzene rings is 2. The standard InChI is InChI=1S/C24H31Cl2N/c1-3-22(27(2)17-19-7-5-4-6-8-19)14-11-18-9-12-20(13-10-18)21-15-23(25)24(26)16-21/h4-10,12-13,21-24H,3,11,14-17H2,1-2H3. The van der Waals surface area contributed by atoms with E-state index in [1.165, 1.54) is 29.5 Å². The molecule has 0 aliphatic heterocycles. The van der Waals surface area contributed by atoms with Gasteiger partial charge in [-0.1, -0.05) is 61.5 Å². The van der Waals surface area contributed by atoms with Crippen molar-refractivity contribution in [1.29, 1.82) is 0 Å². The molecule has 1 aliphatic rings. The molecule has 0 spiro atoms. The van der Waals surface area contributed by atoms with E-state index in [1.54, 1.807) is 0 Å². The third-order valence-electron chi connectivity index (χ3n) is 6.00. The predicted octanol–water partition coefficient (Wildman–Crippen LogP) is 6.62. The van der Waals surface area contributed by atoms with Gasteiger partial charge in [-0.3, -0.25) is 4.90 Å². The maximum atomic E-state index is 6.29. The topological polar surface area (TPSA) is 3.24 Å². The first-order valence-electron chi connectivity index (χ1n) is 10.2. The summed E-state index contributed by atoms with van der Waals surface area (Å²) in [6.07, 6.45) is 5.49. The summed E-state index contributed by atoms with van der Waals surface area (Å²) in [5.41, 5.74) is 4.20. The highest BCUT2D eigenvalue weighted by Gasteiger charge is 2.32. The molecule has 1 nitrogen and oxygen atoms in total. The van der Waals surface area contributed by atoms with Crippen LogP contribution >= 0.6 is 23.2 Å². The molecule has 0 bridgehead atoms. The van der Waals surface area contributed by atoms with E-state index >= 15 is 0 Å². The fourth-order valence-electron chi connectivity index (χ4n) is 4.23. The summed E-state index contributed by atoms with van der Waals surface area (Å²) in [6.45, 7) is 3.31. The van der Waals surface area contributed by atoms with Gasteiger partial charge in [0.25, 0.3) is 0 Å². The lowest BCUT2D eigenvalue weighted by atomic mass is 9.95. The minimum atomic E-state index is 0.113. The van der Waals surface area contributed by atoms with E-state index in [-0.39, 0.29) is 10.8 Å². The summed E-state index contributed by atoms with van der Waals surface area (Å²) >= 11 is 12.6. The quantitative estimate of drug-likeness (QED) is 0.447. The van der Waals surface area contributed by atoms with Crippen molar-refractivity contribution in [3.63, 3.8) is 0 Å². The highest BCUT2D eigenvalue weighted by atomic mass is 35.5. The van der Waals surface area contributed by atoms with Crippen molar-refractivity contribution >= 4 is 23.2 Å². The van der Waals surface area contributed by atoms with Crippen molar-refractivity contribution in [2.24, 2.45) is 0 Å². The first-order chi connectivity index (χ1) is 13.1. The minimum absolute atomic E-state index is 0.113. The van der Waals surface area contributed by atoms with Crippen molar-refractivity contribution in [2.45, 2.75) is 68.3 Å². The van der Waals surface area contributed by atoms with E-state index in [1.807, 2.05) is 0 Å². The molecule has 1 aliphatic carbocycles. The van der Waals surface area contributed by atoms with Crippen molar-refractivity contribution in [3.05, 3.63) is 71.3 Å². The Hall–Kier alpha value is -1.02. The van der Waals surface area contributed by atoms with E-state index in [4.69, 9.17) is 23.2 Å². The Kier molecular flexibility index (Phi) is 7.64. The van der Waals surface area contributed by atoms with E-state index in [9.17, 15) is 0 Å². The van der Waals surface area contributed by atoms with Gasteiger partial charge in [0.05, 0.1) is 10.8 Å². The molecule has 0 saturated heterocycles. The van der Waals surface area contributed by atoms with E-state index in [0.717, 1.165) is 25.8 Å². The zero-order valence-electron chi connectivity index (χ0n) is 16.5. The van der Waals surface area contributed by atoms with Crippen LogP contribution in [0.3, 0.4) is 0 Å². The molecule has 0 aromatic heterocycles. The van der Waals surface area contributed by atoms with Crippen molar-refractivity contribution < 1.29 is 0 Å². The minimum Gasteiger partial charge on any atom is -0.299 e. The van der Waals surface area contributed by atoms with Crippen LogP contribution in [0.15, 0.2) is 54.6 Å². The van der Waals surface area contributed by atoms with Crippen LogP contribution in [-0.4, -0.2) is 28.7 Å². The highest BCUT2D eigenvalue weighted by molar-refractivity contribution is 6.30. The number of nitrogens with zero attached hydrogens (tertiary/aromatic N) is 1. The van der Waals surface area contributed by atoms with Crippen LogP contribution in [0.1, 0.15) is 55.2 Å². The van der Waals surface area contributed by atoms with Crippen LogP contribution in [0.25, 0.3) is 0 Å². The second-order valence-electron chi connectivity index (χ2n) is 7.94. The lowest BCUT2D eigenvalue weighted by Crippen LogP contribution is -2.31. The highest BCUT2D eigenvalue weighted by Crippen LogP contribution is 2.40. The third kappa shape index (κ3) is 5.73. The number of rotatable bonds is 8. The van der Waals surface area contributed by atoms with Gasteiger partial charge >= 0.3 is 0 Å². The molecule has 2 aromatic rings. The summed E-state index contributed by atoms with van der Waals surface area (Å²) in [5.74, 6) is 0.518. The number of alkyl halides is 2. The number of hydrogen-bond donors (Lipinski definition) is 0. The molecule has 27 heavy (non-hydrogen) atoms. The number of hydrogen-bond acceptors (Lipinski definition) is 1. The van der Waals surface area contributed by atoms with Crippen LogP contribution in [0.2, 0.25) is 0 Å². The average molecular weight is 404 g/mol. The molecule has 0 heterocycles. The molecule has 1 saturated carbocycles. The van der Waals surface area contributed by atoms with Gasteiger partial charge in [0.1, 0.15) is 0 Å². The summed E-state index contributed by atoms with van der Waals surface area (Å²) in [7, 11) is 2.25. The van der Waals surface area contributed by atoms with Gasteiger partial charge in [0, 0.05) is 12.6 Å². The maximum absolute atomic E-state index is 6.29. The van der Waals surface area contributed by atoms with E-state index in [0.29, 0.717) is 12.0 Å². The summed E-state index contributed by atoms with van der Waals surface area (Å²) in [4.78, 5) is 2.49. The molecule has 3 rings (SSSR count). The van der Waals surface area contributed by atoms with Crippen LogP contribution < -0.4 is 0 Å². The Balaban J connectivity index is 1.52. The largest absolute Gasteiger partial charge is 0.299 e. The molecular weight excluding hydrogens is 373 g/mol. The van der Waals surface area contributed by atoms with Crippen molar-refractivity contribution in [1.82, 2.24) is 4.90 Å². The van der Waals surface area contributed by atoms with Crippen molar-refractivity contribution in [3.8, 4) is 0 Å². The normalized spacial score (nSPS) is 23.7. The van der Waals surface area contributed by atoms with Crippen LogP contribution in [-0.2, 0) is 13.0 Å². The second kappa shape index (κ2) is 9.96. The Morgan fingerprint density at radius 2 is 1.56 bits per heavy atom. The SMILES string of the molecule is CCC(CCc1ccc(C2CC(Cl)C(Cl)C2)cc1)N(C)Cc1ccccc1. The lowest BCUT2D eigenvalue weighted by Gasteiger charge is -2.27. The molecule has 0 N–H and O–H groups in total. The molecule has 3 atom stereocenters. The first-order valence-corrected chi connectivity index (χ1v) is 11.0. The van der Waals surface area contributed by atoms with E-state index in [2.05, 4.69) is 73.5 Å². The van der Waals surface area contributed by atoms with Crippen LogP contribution in [0, 0.1) is 0 Å². The molecule has 1 fully saturated rings. The zero-order chi connectivity index (χ0) is 19.2. The predicted molar refractivity (Wildman–Crippen MR) is 118 cm³/mol. The van der Waals surface area contributed by atoms with Gasteiger partial charge in [-0.2, -0.15) is 0 Å². The second-order valence-corrected chi connectivity index (χ2v) is 9.06. The van der Waals surface area contributed by atoms with Gasteiger partial charge in [0.2, 0.25) is 0 Å². The summed E-state index contributed by atoms with van der Waals surface area (Å²) < 4.78 is 0. The Bertz CT molecular complexity index is 675. The molecule has 2 aromatic carbocycles. The first kappa shape index (κ1) is 20.7. The molecule has 0 radical (unpaired) electrons. The lowest BCUT2D eigenvalue weighted by molar-refractivity contribution is 0.216. The Morgan fingerprint density at radius 3 is 2.15 bits per heavy atom. The van der Waals surface area contributed by atoms with Gasteiger partial charge in [-0.15, -0.1) is 23.2 Å². The number of aryl methyl sites for hydroxylation is 1. The molecule has 3 heteroatoms. The molecule has 146 valence electrons. The molecule has 0 amide bonds. The van der Waals surface area contributed by atoms with Gasteiger partial charge < -0.3 is 0 Å². The monoisotopic (exact) mass is 403 g/mol. The fraction of sp³-hybridized carbons (Fsp3) is 0.500. The van der Waals surface area contributed by atoms with Gasteiger partial charge in [-0.25, -0.2) is 0 Å².